The Morgan fingerprint density at radius 2 is 1.75 bits per heavy atom. The van der Waals surface area contributed by atoms with Gasteiger partial charge in [-0.1, -0.05) is 11.6 Å². The SMILES string of the molecule is CCOP(=O)(OCC)c1cc(C)cc(Cl)c1. The maximum Gasteiger partial charge on any atom is 0.361 e. The number of benzene rings is 1. The molecule has 0 saturated heterocycles. The lowest BCUT2D eigenvalue weighted by atomic mass is 10.2. The minimum absolute atomic E-state index is 0.336. The average molecular weight is 263 g/mol. The lowest BCUT2D eigenvalue weighted by molar-refractivity contribution is 0.230. The summed E-state index contributed by atoms with van der Waals surface area (Å²) in [6.07, 6.45) is 0. The second kappa shape index (κ2) is 5.83. The molecule has 0 spiro atoms. The van der Waals surface area contributed by atoms with Gasteiger partial charge >= 0.3 is 7.60 Å². The van der Waals surface area contributed by atoms with Gasteiger partial charge in [0.15, 0.2) is 0 Å². The zero-order valence-corrected chi connectivity index (χ0v) is 11.3. The van der Waals surface area contributed by atoms with Gasteiger partial charge in [0.2, 0.25) is 0 Å². The van der Waals surface area contributed by atoms with Crippen molar-refractivity contribution in [2.24, 2.45) is 0 Å². The van der Waals surface area contributed by atoms with Gasteiger partial charge < -0.3 is 9.05 Å². The van der Waals surface area contributed by atoms with Crippen LogP contribution in [0.15, 0.2) is 18.2 Å². The molecule has 3 nitrogen and oxygen atoms in total. The zero-order valence-electron chi connectivity index (χ0n) is 9.70. The van der Waals surface area contributed by atoms with Gasteiger partial charge in [0.25, 0.3) is 0 Å². The third-order valence-corrected chi connectivity index (χ3v) is 4.25. The molecule has 0 saturated carbocycles. The molecule has 0 aliphatic rings. The van der Waals surface area contributed by atoms with E-state index >= 15 is 0 Å². The Labute approximate surface area is 101 Å². The van der Waals surface area contributed by atoms with E-state index in [4.69, 9.17) is 20.6 Å². The molecule has 0 radical (unpaired) electrons. The van der Waals surface area contributed by atoms with Crippen LogP contribution in [0.4, 0.5) is 0 Å². The van der Waals surface area contributed by atoms with Gasteiger partial charge in [-0.3, -0.25) is 4.57 Å². The summed E-state index contributed by atoms with van der Waals surface area (Å²) in [7, 11) is -3.21. The first kappa shape index (κ1) is 13.7. The summed E-state index contributed by atoms with van der Waals surface area (Å²) in [5.41, 5.74) is 0.933. The first-order valence-corrected chi connectivity index (χ1v) is 7.10. The fraction of sp³-hybridized carbons (Fsp3) is 0.455. The minimum Gasteiger partial charge on any atom is -0.305 e. The van der Waals surface area contributed by atoms with Crippen molar-refractivity contribution in [2.75, 3.05) is 13.2 Å². The molecule has 0 aliphatic heterocycles. The van der Waals surface area contributed by atoms with Gasteiger partial charge in [-0.2, -0.15) is 0 Å². The lowest BCUT2D eigenvalue weighted by Gasteiger charge is -2.17. The van der Waals surface area contributed by atoms with Gasteiger partial charge in [-0.25, -0.2) is 0 Å². The summed E-state index contributed by atoms with van der Waals surface area (Å²) in [4.78, 5) is 0. The molecule has 0 heterocycles. The highest BCUT2D eigenvalue weighted by atomic mass is 35.5. The second-order valence-corrected chi connectivity index (χ2v) is 5.78. The predicted molar refractivity (Wildman–Crippen MR) is 66.7 cm³/mol. The summed E-state index contributed by atoms with van der Waals surface area (Å²) in [5.74, 6) is 0. The highest BCUT2D eigenvalue weighted by Crippen LogP contribution is 2.47. The Kier molecular flexibility index (Phi) is 5.00. The van der Waals surface area contributed by atoms with E-state index in [0.29, 0.717) is 23.5 Å². The third kappa shape index (κ3) is 3.33. The average Bonchev–Trinajstić information content (AvgIpc) is 2.16. The molecule has 1 aromatic carbocycles. The van der Waals surface area contributed by atoms with Crippen LogP contribution in [0.1, 0.15) is 19.4 Å². The van der Waals surface area contributed by atoms with Crippen molar-refractivity contribution in [3.05, 3.63) is 28.8 Å². The topological polar surface area (TPSA) is 35.5 Å². The summed E-state index contributed by atoms with van der Waals surface area (Å²) >= 11 is 5.92. The van der Waals surface area contributed by atoms with Crippen molar-refractivity contribution in [3.8, 4) is 0 Å². The quantitative estimate of drug-likeness (QED) is 0.762. The number of hydrogen-bond donors (Lipinski definition) is 0. The monoisotopic (exact) mass is 262 g/mol. The molecule has 90 valence electrons. The Bertz CT molecular complexity index is 376. The Morgan fingerprint density at radius 3 is 2.19 bits per heavy atom. The van der Waals surface area contributed by atoms with Crippen molar-refractivity contribution in [1.29, 1.82) is 0 Å². The third-order valence-electron chi connectivity index (χ3n) is 1.94. The molecule has 0 bridgehead atoms. The van der Waals surface area contributed by atoms with Crippen LogP contribution in [-0.2, 0) is 13.6 Å². The maximum atomic E-state index is 12.4. The molecular formula is C11H16ClO3P. The summed E-state index contributed by atoms with van der Waals surface area (Å²) < 4.78 is 22.9. The van der Waals surface area contributed by atoms with Crippen LogP contribution in [0.3, 0.4) is 0 Å². The molecule has 0 atom stereocenters. The molecule has 1 aromatic rings. The van der Waals surface area contributed by atoms with Crippen molar-refractivity contribution >= 4 is 24.5 Å². The van der Waals surface area contributed by atoms with E-state index in [0.717, 1.165) is 5.56 Å². The summed E-state index contributed by atoms with van der Waals surface area (Å²) in [5, 5.41) is 1.05. The molecule has 0 aliphatic carbocycles. The van der Waals surface area contributed by atoms with Crippen molar-refractivity contribution in [1.82, 2.24) is 0 Å². The summed E-state index contributed by atoms with van der Waals surface area (Å²) in [6.45, 7) is 6.12. The van der Waals surface area contributed by atoms with Gasteiger partial charge in [0.05, 0.1) is 18.5 Å². The number of rotatable bonds is 5. The Morgan fingerprint density at radius 1 is 1.19 bits per heavy atom. The fourth-order valence-corrected chi connectivity index (χ4v) is 3.48. The normalized spacial score (nSPS) is 11.8. The van der Waals surface area contributed by atoms with Crippen LogP contribution >= 0.6 is 19.2 Å². The standard InChI is InChI=1S/C11H16ClO3P/c1-4-14-16(13,15-5-2)11-7-9(3)6-10(12)8-11/h6-8H,4-5H2,1-3H3. The van der Waals surface area contributed by atoms with Crippen LogP contribution in [0.25, 0.3) is 0 Å². The largest absolute Gasteiger partial charge is 0.361 e. The smallest absolute Gasteiger partial charge is 0.305 e. The molecule has 1 rings (SSSR count). The highest BCUT2D eigenvalue weighted by Gasteiger charge is 2.27. The lowest BCUT2D eigenvalue weighted by Crippen LogP contribution is -2.11. The molecule has 0 amide bonds. The van der Waals surface area contributed by atoms with E-state index in [1.807, 2.05) is 6.92 Å². The number of halogens is 1. The van der Waals surface area contributed by atoms with Gasteiger partial charge in [-0.05, 0) is 44.5 Å². The predicted octanol–water partition coefficient (Wildman–Crippen LogP) is 3.54. The van der Waals surface area contributed by atoms with Crippen molar-refractivity contribution < 1.29 is 13.6 Å². The molecule has 0 unspecified atom stereocenters. The van der Waals surface area contributed by atoms with Crippen LogP contribution < -0.4 is 5.30 Å². The van der Waals surface area contributed by atoms with Crippen molar-refractivity contribution in [3.63, 3.8) is 0 Å². The highest BCUT2D eigenvalue weighted by molar-refractivity contribution is 7.62. The van der Waals surface area contributed by atoms with Crippen LogP contribution in [0, 0.1) is 6.92 Å². The Hall–Kier alpha value is -0.340. The molecule has 0 fully saturated rings. The van der Waals surface area contributed by atoms with Crippen LogP contribution in [0.2, 0.25) is 5.02 Å². The Balaban J connectivity index is 3.15. The number of hydrogen-bond acceptors (Lipinski definition) is 3. The van der Waals surface area contributed by atoms with Crippen molar-refractivity contribution in [2.45, 2.75) is 20.8 Å². The van der Waals surface area contributed by atoms with E-state index < -0.39 is 7.60 Å². The molecule has 5 heteroatoms. The molecular weight excluding hydrogens is 247 g/mol. The van der Waals surface area contributed by atoms with Crippen LogP contribution in [0.5, 0.6) is 0 Å². The van der Waals surface area contributed by atoms with E-state index in [2.05, 4.69) is 0 Å². The van der Waals surface area contributed by atoms with E-state index in [-0.39, 0.29) is 0 Å². The molecule has 16 heavy (non-hydrogen) atoms. The maximum absolute atomic E-state index is 12.4. The zero-order chi connectivity index (χ0) is 12.2. The molecule has 0 N–H and O–H groups in total. The summed E-state index contributed by atoms with van der Waals surface area (Å²) in [6, 6.07) is 5.20. The van der Waals surface area contributed by atoms with Gasteiger partial charge in [0.1, 0.15) is 0 Å². The van der Waals surface area contributed by atoms with E-state index in [9.17, 15) is 4.57 Å². The number of aryl methyl sites for hydroxylation is 1. The van der Waals surface area contributed by atoms with Gasteiger partial charge in [0, 0.05) is 5.02 Å². The second-order valence-electron chi connectivity index (χ2n) is 3.32. The molecule has 0 aromatic heterocycles. The minimum atomic E-state index is -3.21. The van der Waals surface area contributed by atoms with E-state index in [1.54, 1.807) is 32.0 Å². The van der Waals surface area contributed by atoms with E-state index in [1.165, 1.54) is 0 Å². The first-order chi connectivity index (χ1) is 7.51. The first-order valence-electron chi connectivity index (χ1n) is 5.18. The van der Waals surface area contributed by atoms with Gasteiger partial charge in [-0.15, -0.1) is 0 Å². The van der Waals surface area contributed by atoms with Crippen LogP contribution in [-0.4, -0.2) is 13.2 Å². The fourth-order valence-electron chi connectivity index (χ4n) is 1.40.